The van der Waals surface area contributed by atoms with Crippen LogP contribution < -0.4 is 5.69 Å². The van der Waals surface area contributed by atoms with Crippen LogP contribution in [0.2, 0.25) is 0 Å². The minimum absolute atomic E-state index is 0.0197. The Morgan fingerprint density at radius 3 is 2.43 bits per heavy atom. The highest BCUT2D eigenvalue weighted by atomic mass is 32.2. The molecule has 1 amide bonds. The first-order valence-electron chi connectivity index (χ1n) is 8.95. The van der Waals surface area contributed by atoms with Gasteiger partial charge >= 0.3 is 11.9 Å². The van der Waals surface area contributed by atoms with Crippen LogP contribution in [0, 0.1) is 0 Å². The Hall–Kier alpha value is -2.23. The highest BCUT2D eigenvalue weighted by Crippen LogP contribution is 2.28. The molecule has 1 aromatic heterocycles. The predicted octanol–water partition coefficient (Wildman–Crippen LogP) is 2.95. The number of carbonyl (C=O) groups excluding carboxylic acids is 1. The Morgan fingerprint density at radius 2 is 1.86 bits per heavy atom. The van der Waals surface area contributed by atoms with Crippen LogP contribution in [-0.2, 0) is 18.0 Å². The SMILES string of the molecule is Cn1c(C(F)(F)F)nn(C2CCN(C(=O)CCSc3ccccc3)CC2)c1=O. The van der Waals surface area contributed by atoms with Gasteiger partial charge in [0.2, 0.25) is 11.7 Å². The van der Waals surface area contributed by atoms with Crippen LogP contribution in [0.3, 0.4) is 0 Å². The van der Waals surface area contributed by atoms with Gasteiger partial charge in [0.15, 0.2) is 0 Å². The van der Waals surface area contributed by atoms with Gasteiger partial charge < -0.3 is 4.90 Å². The summed E-state index contributed by atoms with van der Waals surface area (Å²) < 4.78 is 40.2. The van der Waals surface area contributed by atoms with Crippen molar-refractivity contribution in [2.24, 2.45) is 7.05 Å². The largest absolute Gasteiger partial charge is 0.451 e. The van der Waals surface area contributed by atoms with E-state index < -0.39 is 23.7 Å². The molecular weight excluding hydrogens is 393 g/mol. The van der Waals surface area contributed by atoms with Gasteiger partial charge in [-0.3, -0.25) is 9.36 Å². The van der Waals surface area contributed by atoms with Gasteiger partial charge in [-0.15, -0.1) is 16.9 Å². The first-order valence-corrected chi connectivity index (χ1v) is 9.94. The third kappa shape index (κ3) is 4.60. The fourth-order valence-electron chi connectivity index (χ4n) is 3.23. The van der Waals surface area contributed by atoms with E-state index in [1.54, 1.807) is 16.7 Å². The summed E-state index contributed by atoms with van der Waals surface area (Å²) >= 11 is 1.61. The quantitative estimate of drug-likeness (QED) is 0.706. The molecule has 3 rings (SSSR count). The number of thioether (sulfide) groups is 1. The Morgan fingerprint density at radius 1 is 1.21 bits per heavy atom. The van der Waals surface area contributed by atoms with Gasteiger partial charge in [0.1, 0.15) is 0 Å². The monoisotopic (exact) mass is 414 g/mol. The predicted molar refractivity (Wildman–Crippen MR) is 99.1 cm³/mol. The van der Waals surface area contributed by atoms with Crippen molar-refractivity contribution in [2.75, 3.05) is 18.8 Å². The molecule has 1 fully saturated rings. The van der Waals surface area contributed by atoms with Crippen molar-refractivity contribution in [1.82, 2.24) is 19.2 Å². The Labute approximate surface area is 164 Å². The molecule has 2 heterocycles. The molecule has 1 aliphatic rings. The maximum absolute atomic E-state index is 12.9. The van der Waals surface area contributed by atoms with Crippen LogP contribution in [0.25, 0.3) is 0 Å². The summed E-state index contributed by atoms with van der Waals surface area (Å²) in [5.41, 5.74) is -0.781. The molecule has 6 nitrogen and oxygen atoms in total. The Kier molecular flexibility index (Phi) is 6.17. The van der Waals surface area contributed by atoms with E-state index in [1.807, 2.05) is 30.3 Å². The third-order valence-corrected chi connectivity index (χ3v) is 5.76. The van der Waals surface area contributed by atoms with E-state index in [2.05, 4.69) is 5.10 Å². The van der Waals surface area contributed by atoms with Gasteiger partial charge in [0.05, 0.1) is 6.04 Å². The number of halogens is 3. The van der Waals surface area contributed by atoms with Crippen molar-refractivity contribution in [1.29, 1.82) is 0 Å². The van der Waals surface area contributed by atoms with E-state index in [9.17, 15) is 22.8 Å². The van der Waals surface area contributed by atoms with E-state index in [1.165, 1.54) is 0 Å². The molecule has 28 heavy (non-hydrogen) atoms. The minimum atomic E-state index is -4.67. The lowest BCUT2D eigenvalue weighted by atomic mass is 10.1. The van der Waals surface area contributed by atoms with Crippen molar-refractivity contribution in [2.45, 2.75) is 36.4 Å². The Bertz CT molecular complexity index is 871. The first-order chi connectivity index (χ1) is 13.3. The summed E-state index contributed by atoms with van der Waals surface area (Å²) in [5, 5.41) is 3.49. The maximum Gasteiger partial charge on any atom is 0.451 e. The molecule has 0 bridgehead atoms. The van der Waals surface area contributed by atoms with Crippen LogP contribution in [0.1, 0.15) is 31.1 Å². The summed E-state index contributed by atoms with van der Waals surface area (Å²) in [5.74, 6) is -0.516. The van der Waals surface area contributed by atoms with Crippen molar-refractivity contribution >= 4 is 17.7 Å². The highest BCUT2D eigenvalue weighted by molar-refractivity contribution is 7.99. The molecule has 0 radical (unpaired) electrons. The number of benzene rings is 1. The number of aromatic nitrogens is 3. The van der Waals surface area contributed by atoms with E-state index in [0.29, 0.717) is 42.7 Å². The zero-order valence-electron chi connectivity index (χ0n) is 15.4. The molecule has 0 saturated carbocycles. The maximum atomic E-state index is 12.9. The number of hydrogen-bond acceptors (Lipinski definition) is 4. The average molecular weight is 414 g/mol. The summed E-state index contributed by atoms with van der Waals surface area (Å²) in [6, 6.07) is 9.36. The van der Waals surface area contributed by atoms with E-state index in [4.69, 9.17) is 0 Å². The molecule has 152 valence electrons. The summed E-state index contributed by atoms with van der Waals surface area (Å²) in [6.07, 6.45) is -3.46. The van der Waals surface area contributed by atoms with Crippen molar-refractivity contribution < 1.29 is 18.0 Å². The average Bonchev–Trinajstić information content (AvgIpc) is 2.98. The topological polar surface area (TPSA) is 60.1 Å². The second kappa shape index (κ2) is 8.42. The number of alkyl halides is 3. The van der Waals surface area contributed by atoms with Gasteiger partial charge in [-0.2, -0.15) is 13.2 Å². The zero-order chi connectivity index (χ0) is 20.3. The number of amides is 1. The van der Waals surface area contributed by atoms with Gasteiger partial charge in [-0.05, 0) is 25.0 Å². The summed E-state index contributed by atoms with van der Waals surface area (Å²) in [4.78, 5) is 27.3. The molecule has 1 aliphatic heterocycles. The third-order valence-electron chi connectivity index (χ3n) is 4.75. The number of likely N-dealkylation sites (tertiary alicyclic amines) is 1. The lowest BCUT2D eigenvalue weighted by Crippen LogP contribution is -2.41. The smallest absolute Gasteiger partial charge is 0.343 e. The molecule has 0 N–H and O–H groups in total. The van der Waals surface area contributed by atoms with Crippen molar-refractivity contribution in [3.05, 3.63) is 46.6 Å². The van der Waals surface area contributed by atoms with E-state index in [-0.39, 0.29) is 5.91 Å². The van der Waals surface area contributed by atoms with E-state index in [0.717, 1.165) is 16.6 Å². The van der Waals surface area contributed by atoms with Gasteiger partial charge in [0.25, 0.3) is 0 Å². The molecule has 0 aliphatic carbocycles. The zero-order valence-corrected chi connectivity index (χ0v) is 16.2. The normalized spacial score (nSPS) is 15.8. The molecule has 2 aromatic rings. The fourth-order valence-corrected chi connectivity index (χ4v) is 4.09. The van der Waals surface area contributed by atoms with Crippen molar-refractivity contribution in [3.63, 3.8) is 0 Å². The summed E-state index contributed by atoms with van der Waals surface area (Å²) in [6.45, 7) is 0.813. The molecule has 1 aromatic carbocycles. The van der Waals surface area contributed by atoms with Crippen LogP contribution in [0.5, 0.6) is 0 Å². The second-order valence-electron chi connectivity index (χ2n) is 6.63. The van der Waals surface area contributed by atoms with Crippen LogP contribution in [0.4, 0.5) is 13.2 Å². The number of carbonyl (C=O) groups is 1. The van der Waals surface area contributed by atoms with Gasteiger partial charge in [0, 0.05) is 37.2 Å². The van der Waals surface area contributed by atoms with E-state index >= 15 is 0 Å². The second-order valence-corrected chi connectivity index (χ2v) is 7.80. The lowest BCUT2D eigenvalue weighted by Gasteiger charge is -2.31. The van der Waals surface area contributed by atoms with Crippen LogP contribution >= 0.6 is 11.8 Å². The number of hydrogen-bond donors (Lipinski definition) is 0. The molecule has 0 unspecified atom stereocenters. The van der Waals surface area contributed by atoms with Crippen LogP contribution in [-0.4, -0.2) is 44.0 Å². The van der Waals surface area contributed by atoms with Gasteiger partial charge in [-0.25, -0.2) is 9.48 Å². The first kappa shape index (κ1) is 20.5. The van der Waals surface area contributed by atoms with Crippen LogP contribution in [0.15, 0.2) is 40.0 Å². The number of rotatable bonds is 5. The highest BCUT2D eigenvalue weighted by Gasteiger charge is 2.39. The lowest BCUT2D eigenvalue weighted by molar-refractivity contribution is -0.147. The standard InChI is InChI=1S/C18H21F3N4O2S/c1-23-16(18(19,20)21)22-25(17(23)27)13-7-10-24(11-8-13)15(26)9-12-28-14-5-3-2-4-6-14/h2-6,13H,7-12H2,1H3. The molecule has 0 spiro atoms. The Balaban J connectivity index is 1.53. The molecule has 0 atom stereocenters. The molecular formula is C18H21F3N4O2S. The van der Waals surface area contributed by atoms with Crippen molar-refractivity contribution in [3.8, 4) is 0 Å². The number of piperidine rings is 1. The molecule has 10 heteroatoms. The fraction of sp³-hybridized carbons (Fsp3) is 0.500. The summed E-state index contributed by atoms with van der Waals surface area (Å²) in [7, 11) is 1.07. The minimum Gasteiger partial charge on any atom is -0.343 e. The van der Waals surface area contributed by atoms with Gasteiger partial charge in [-0.1, -0.05) is 18.2 Å². The molecule has 1 saturated heterocycles. The number of nitrogens with zero attached hydrogens (tertiary/aromatic N) is 4.